The van der Waals surface area contributed by atoms with Gasteiger partial charge in [0.05, 0.1) is 0 Å². The molecule has 0 radical (unpaired) electrons. The molecule has 0 unspecified atom stereocenters. The lowest BCUT2D eigenvalue weighted by molar-refractivity contribution is 0.0951. The summed E-state index contributed by atoms with van der Waals surface area (Å²) in [6, 6.07) is 5.85. The lowest BCUT2D eigenvalue weighted by atomic mass is 10.1. The van der Waals surface area contributed by atoms with E-state index in [0.29, 0.717) is 6.54 Å². The number of ether oxygens (including phenoxy) is 1. The zero-order chi connectivity index (χ0) is 12.8. The van der Waals surface area contributed by atoms with Crippen LogP contribution in [-0.2, 0) is 11.2 Å². The number of amides is 1. The Hall–Kier alpha value is -1.55. The van der Waals surface area contributed by atoms with Gasteiger partial charge in [-0.3, -0.25) is 4.79 Å². The fraction of sp³-hybridized carbons (Fsp3) is 0.500. The lowest BCUT2D eigenvalue weighted by Gasteiger charge is -2.06. The van der Waals surface area contributed by atoms with Gasteiger partial charge in [-0.2, -0.15) is 0 Å². The molecule has 2 N–H and O–H groups in total. The number of methoxy groups -OCH3 is 1. The van der Waals surface area contributed by atoms with E-state index < -0.39 is 0 Å². The van der Waals surface area contributed by atoms with Gasteiger partial charge in [0, 0.05) is 38.1 Å². The Morgan fingerprint density at radius 2 is 2.33 bits per heavy atom. The minimum absolute atomic E-state index is 0.0158. The van der Waals surface area contributed by atoms with Crippen molar-refractivity contribution in [2.75, 3.05) is 32.1 Å². The van der Waals surface area contributed by atoms with Crippen molar-refractivity contribution in [1.82, 2.24) is 5.32 Å². The molecular weight excluding hydrogens is 228 g/mol. The summed E-state index contributed by atoms with van der Waals surface area (Å²) in [6.07, 6.45) is 2.93. The molecule has 4 nitrogen and oxygen atoms in total. The van der Waals surface area contributed by atoms with Crippen molar-refractivity contribution in [3.8, 4) is 0 Å². The predicted octanol–water partition coefficient (Wildman–Crippen LogP) is 1.81. The van der Waals surface area contributed by atoms with Gasteiger partial charge in [0.25, 0.3) is 5.91 Å². The molecule has 0 saturated heterocycles. The Morgan fingerprint density at radius 1 is 1.44 bits per heavy atom. The third-order valence-electron chi connectivity index (χ3n) is 3.14. The molecule has 0 saturated carbocycles. The number of nitrogens with one attached hydrogen (secondary N) is 2. The van der Waals surface area contributed by atoms with Crippen molar-refractivity contribution in [1.29, 1.82) is 0 Å². The fourth-order valence-electron chi connectivity index (χ4n) is 2.12. The Labute approximate surface area is 108 Å². The first-order valence-corrected chi connectivity index (χ1v) is 6.45. The van der Waals surface area contributed by atoms with E-state index in [4.69, 9.17) is 4.74 Å². The van der Waals surface area contributed by atoms with Crippen LogP contribution in [0.15, 0.2) is 18.2 Å². The maximum absolute atomic E-state index is 11.9. The molecule has 1 aromatic carbocycles. The second kappa shape index (κ2) is 6.40. The van der Waals surface area contributed by atoms with Crippen LogP contribution in [0.2, 0.25) is 0 Å². The van der Waals surface area contributed by atoms with E-state index in [1.807, 2.05) is 18.2 Å². The summed E-state index contributed by atoms with van der Waals surface area (Å²) >= 11 is 0. The summed E-state index contributed by atoms with van der Waals surface area (Å²) in [5.74, 6) is 0.0158. The number of hydrogen-bond donors (Lipinski definition) is 2. The molecule has 0 fully saturated rings. The molecule has 98 valence electrons. The van der Waals surface area contributed by atoms with E-state index in [0.717, 1.165) is 43.7 Å². The minimum atomic E-state index is 0.0158. The number of unbranched alkanes of at least 4 members (excludes halogenated alkanes) is 1. The topological polar surface area (TPSA) is 50.4 Å². The molecule has 1 amide bonds. The fourth-order valence-corrected chi connectivity index (χ4v) is 2.12. The molecule has 0 atom stereocenters. The average Bonchev–Trinajstić information content (AvgIpc) is 2.85. The summed E-state index contributed by atoms with van der Waals surface area (Å²) in [5, 5.41) is 6.22. The van der Waals surface area contributed by atoms with Gasteiger partial charge in [0.15, 0.2) is 0 Å². The van der Waals surface area contributed by atoms with Crippen LogP contribution >= 0.6 is 0 Å². The van der Waals surface area contributed by atoms with Crippen molar-refractivity contribution >= 4 is 11.6 Å². The minimum Gasteiger partial charge on any atom is -0.385 e. The third kappa shape index (κ3) is 3.23. The molecule has 1 aromatic rings. The first-order valence-electron chi connectivity index (χ1n) is 6.45. The van der Waals surface area contributed by atoms with Crippen LogP contribution in [0.4, 0.5) is 5.69 Å². The van der Waals surface area contributed by atoms with Gasteiger partial charge in [0.1, 0.15) is 0 Å². The van der Waals surface area contributed by atoms with E-state index in [2.05, 4.69) is 10.6 Å². The van der Waals surface area contributed by atoms with Crippen molar-refractivity contribution in [2.24, 2.45) is 0 Å². The van der Waals surface area contributed by atoms with Gasteiger partial charge in [-0.05, 0) is 43.0 Å². The number of carbonyl (C=O) groups excluding carboxylic acids is 1. The SMILES string of the molecule is COCCCCNC(=O)c1ccc2c(c1)CCN2. The van der Waals surface area contributed by atoms with Crippen LogP contribution in [0.25, 0.3) is 0 Å². The molecule has 0 spiro atoms. The normalized spacial score (nSPS) is 12.9. The smallest absolute Gasteiger partial charge is 0.251 e. The molecule has 1 aliphatic rings. The molecule has 1 aliphatic heterocycles. The van der Waals surface area contributed by atoms with E-state index in [9.17, 15) is 4.79 Å². The number of benzene rings is 1. The maximum Gasteiger partial charge on any atom is 0.251 e. The molecular formula is C14H20N2O2. The van der Waals surface area contributed by atoms with E-state index >= 15 is 0 Å². The van der Waals surface area contributed by atoms with Crippen LogP contribution in [-0.4, -0.2) is 32.7 Å². The zero-order valence-corrected chi connectivity index (χ0v) is 10.8. The highest BCUT2D eigenvalue weighted by Gasteiger charge is 2.12. The maximum atomic E-state index is 11.9. The highest BCUT2D eigenvalue weighted by atomic mass is 16.5. The summed E-state index contributed by atoms with van der Waals surface area (Å²) < 4.78 is 4.96. The number of carbonyl (C=O) groups is 1. The molecule has 1 heterocycles. The van der Waals surface area contributed by atoms with E-state index in [-0.39, 0.29) is 5.91 Å². The summed E-state index contributed by atoms with van der Waals surface area (Å²) in [5.41, 5.74) is 3.15. The summed E-state index contributed by atoms with van der Waals surface area (Å²) in [4.78, 5) is 11.9. The highest BCUT2D eigenvalue weighted by Crippen LogP contribution is 2.22. The Bertz CT molecular complexity index is 418. The largest absolute Gasteiger partial charge is 0.385 e. The molecule has 0 bridgehead atoms. The van der Waals surface area contributed by atoms with Crippen LogP contribution < -0.4 is 10.6 Å². The van der Waals surface area contributed by atoms with Gasteiger partial charge in [0.2, 0.25) is 0 Å². The number of rotatable bonds is 6. The Kier molecular flexibility index (Phi) is 4.59. The van der Waals surface area contributed by atoms with Gasteiger partial charge in [-0.15, -0.1) is 0 Å². The average molecular weight is 248 g/mol. The highest BCUT2D eigenvalue weighted by molar-refractivity contribution is 5.95. The van der Waals surface area contributed by atoms with Gasteiger partial charge >= 0.3 is 0 Å². The van der Waals surface area contributed by atoms with Crippen LogP contribution in [0.5, 0.6) is 0 Å². The third-order valence-corrected chi connectivity index (χ3v) is 3.14. The van der Waals surface area contributed by atoms with Gasteiger partial charge < -0.3 is 15.4 Å². The molecule has 2 rings (SSSR count). The monoisotopic (exact) mass is 248 g/mol. The summed E-state index contributed by atoms with van der Waals surface area (Å²) in [6.45, 7) is 2.43. The standard InChI is InChI=1S/C14H20N2O2/c1-18-9-3-2-7-16-14(17)12-4-5-13-11(10-12)6-8-15-13/h4-5,10,15H,2-3,6-9H2,1H3,(H,16,17). The Balaban J connectivity index is 1.82. The number of anilines is 1. The van der Waals surface area contributed by atoms with E-state index in [1.54, 1.807) is 7.11 Å². The first-order chi connectivity index (χ1) is 8.81. The molecule has 0 aliphatic carbocycles. The van der Waals surface area contributed by atoms with Crippen molar-refractivity contribution < 1.29 is 9.53 Å². The summed E-state index contributed by atoms with van der Waals surface area (Å²) in [7, 11) is 1.69. The predicted molar refractivity (Wildman–Crippen MR) is 72.1 cm³/mol. The van der Waals surface area contributed by atoms with Crippen LogP contribution in [0.3, 0.4) is 0 Å². The van der Waals surface area contributed by atoms with Crippen molar-refractivity contribution in [2.45, 2.75) is 19.3 Å². The van der Waals surface area contributed by atoms with Gasteiger partial charge in [-0.1, -0.05) is 0 Å². The van der Waals surface area contributed by atoms with Crippen molar-refractivity contribution in [3.63, 3.8) is 0 Å². The number of hydrogen-bond acceptors (Lipinski definition) is 3. The first kappa shape index (κ1) is 12.9. The van der Waals surface area contributed by atoms with Crippen molar-refractivity contribution in [3.05, 3.63) is 29.3 Å². The number of fused-ring (bicyclic) bond motifs is 1. The zero-order valence-electron chi connectivity index (χ0n) is 10.8. The molecule has 4 heteroatoms. The van der Waals surface area contributed by atoms with E-state index in [1.165, 1.54) is 5.56 Å². The van der Waals surface area contributed by atoms with Crippen LogP contribution in [0.1, 0.15) is 28.8 Å². The quantitative estimate of drug-likeness (QED) is 0.755. The second-order valence-electron chi connectivity index (χ2n) is 4.50. The van der Waals surface area contributed by atoms with Crippen LogP contribution in [0, 0.1) is 0 Å². The lowest BCUT2D eigenvalue weighted by Crippen LogP contribution is -2.24. The molecule has 18 heavy (non-hydrogen) atoms. The second-order valence-corrected chi connectivity index (χ2v) is 4.50. The Morgan fingerprint density at radius 3 is 3.17 bits per heavy atom. The van der Waals surface area contributed by atoms with Gasteiger partial charge in [-0.25, -0.2) is 0 Å². The molecule has 0 aromatic heterocycles.